The first-order chi connectivity index (χ1) is 16.4. The molecule has 168 valence electrons. The number of rotatable bonds is 5. The van der Waals surface area contributed by atoms with Gasteiger partial charge in [0.2, 0.25) is 0 Å². The predicted octanol–water partition coefficient (Wildman–Crippen LogP) is 5.35. The highest BCUT2D eigenvalue weighted by Gasteiger charge is 2.31. The van der Waals surface area contributed by atoms with Gasteiger partial charge < -0.3 is 9.64 Å². The molecule has 4 aromatic rings. The molecule has 0 atom stereocenters. The van der Waals surface area contributed by atoms with Crippen LogP contribution in [-0.4, -0.2) is 20.6 Å². The Morgan fingerprint density at radius 3 is 2.59 bits per heavy atom. The Morgan fingerprint density at radius 1 is 1.12 bits per heavy atom. The number of nitriles is 1. The lowest BCUT2D eigenvalue weighted by molar-refractivity contribution is 0.0764. The first-order valence-electron chi connectivity index (χ1n) is 10.8. The fourth-order valence-corrected chi connectivity index (χ4v) is 4.30. The maximum absolute atomic E-state index is 14.3. The van der Waals surface area contributed by atoms with E-state index in [-0.39, 0.29) is 23.0 Å². The van der Waals surface area contributed by atoms with Crippen molar-refractivity contribution >= 4 is 5.91 Å². The van der Waals surface area contributed by atoms with E-state index >= 15 is 0 Å². The van der Waals surface area contributed by atoms with E-state index in [2.05, 4.69) is 5.10 Å². The maximum atomic E-state index is 14.3. The standard InChI is InChI=1S/C27H21FN4O2/c1-17-22(16-31(2)30-17)19-11-9-18(10-12-19)14-32-15-21-6-4-8-24(25(21)27(32)33)34-26-20(13-29)5-3-7-23(26)28/h3-12,16H,14-15H2,1-2H3. The number of amides is 1. The summed E-state index contributed by atoms with van der Waals surface area (Å²) in [5, 5.41) is 13.7. The molecule has 1 amide bonds. The summed E-state index contributed by atoms with van der Waals surface area (Å²) in [6, 6.07) is 19.4. The molecule has 34 heavy (non-hydrogen) atoms. The third-order valence-corrected chi connectivity index (χ3v) is 5.93. The predicted molar refractivity (Wildman–Crippen MR) is 125 cm³/mol. The summed E-state index contributed by atoms with van der Waals surface area (Å²) in [6.07, 6.45) is 1.99. The number of hydrogen-bond acceptors (Lipinski definition) is 4. The molecule has 2 heterocycles. The molecule has 0 fully saturated rings. The van der Waals surface area contributed by atoms with Crippen LogP contribution in [0.3, 0.4) is 0 Å². The van der Waals surface area contributed by atoms with E-state index in [1.165, 1.54) is 18.2 Å². The van der Waals surface area contributed by atoms with Crippen molar-refractivity contribution in [3.05, 3.63) is 101 Å². The lowest BCUT2D eigenvalue weighted by atomic mass is 10.0. The molecule has 0 saturated heterocycles. The number of carbonyl (C=O) groups is 1. The van der Waals surface area contributed by atoms with Gasteiger partial charge in [-0.25, -0.2) is 4.39 Å². The zero-order valence-electron chi connectivity index (χ0n) is 18.7. The minimum Gasteiger partial charge on any atom is -0.452 e. The third kappa shape index (κ3) is 3.80. The van der Waals surface area contributed by atoms with Gasteiger partial charge in [0.15, 0.2) is 11.6 Å². The van der Waals surface area contributed by atoms with E-state index < -0.39 is 5.82 Å². The molecule has 6 nitrogen and oxygen atoms in total. The van der Waals surface area contributed by atoms with Gasteiger partial charge in [-0.3, -0.25) is 9.48 Å². The summed E-state index contributed by atoms with van der Waals surface area (Å²) in [5.74, 6) is -0.768. The molecule has 0 radical (unpaired) electrons. The van der Waals surface area contributed by atoms with Gasteiger partial charge in [0.05, 0.1) is 16.8 Å². The SMILES string of the molecule is Cc1nn(C)cc1-c1ccc(CN2Cc3cccc(Oc4c(F)cccc4C#N)c3C2=O)cc1. The molecule has 3 aromatic carbocycles. The van der Waals surface area contributed by atoms with E-state index in [1.54, 1.807) is 21.7 Å². The van der Waals surface area contributed by atoms with E-state index in [1.807, 2.05) is 56.6 Å². The van der Waals surface area contributed by atoms with Gasteiger partial charge in [0.1, 0.15) is 11.8 Å². The van der Waals surface area contributed by atoms with Gasteiger partial charge in [0.25, 0.3) is 5.91 Å². The van der Waals surface area contributed by atoms with Crippen LogP contribution in [0.2, 0.25) is 0 Å². The van der Waals surface area contributed by atoms with Crippen molar-refractivity contribution in [2.45, 2.75) is 20.0 Å². The van der Waals surface area contributed by atoms with Crippen LogP contribution in [0.25, 0.3) is 11.1 Å². The first kappa shape index (κ1) is 21.4. The third-order valence-electron chi connectivity index (χ3n) is 5.93. The van der Waals surface area contributed by atoms with Crippen LogP contribution in [0, 0.1) is 24.1 Å². The quantitative estimate of drug-likeness (QED) is 0.409. The average Bonchev–Trinajstić information content (AvgIpc) is 3.34. The number of para-hydroxylation sites is 1. The molecular formula is C27H21FN4O2. The Labute approximate surface area is 196 Å². The summed E-state index contributed by atoms with van der Waals surface area (Å²) in [6.45, 7) is 2.84. The first-order valence-corrected chi connectivity index (χ1v) is 10.8. The molecule has 0 unspecified atom stereocenters. The highest BCUT2D eigenvalue weighted by atomic mass is 19.1. The second-order valence-electron chi connectivity index (χ2n) is 8.28. The molecule has 0 aliphatic carbocycles. The number of carbonyl (C=O) groups excluding carboxylic acids is 1. The normalized spacial score (nSPS) is 12.5. The van der Waals surface area contributed by atoms with Crippen LogP contribution in [0.1, 0.15) is 32.7 Å². The fraction of sp³-hybridized carbons (Fsp3) is 0.148. The van der Waals surface area contributed by atoms with Gasteiger partial charge >= 0.3 is 0 Å². The molecule has 1 aliphatic heterocycles. The Kier molecular flexibility index (Phi) is 5.34. The van der Waals surface area contributed by atoms with Crippen molar-refractivity contribution in [2.75, 3.05) is 0 Å². The highest BCUT2D eigenvalue weighted by molar-refractivity contribution is 6.01. The smallest absolute Gasteiger partial charge is 0.258 e. The Morgan fingerprint density at radius 2 is 1.88 bits per heavy atom. The summed E-state index contributed by atoms with van der Waals surface area (Å²) < 4.78 is 21.9. The zero-order valence-corrected chi connectivity index (χ0v) is 18.7. The summed E-state index contributed by atoms with van der Waals surface area (Å²) in [5.41, 5.74) is 5.38. The number of fused-ring (bicyclic) bond motifs is 1. The number of benzene rings is 3. The average molecular weight is 452 g/mol. The van der Waals surface area contributed by atoms with Crippen LogP contribution in [0.5, 0.6) is 11.5 Å². The number of aryl methyl sites for hydroxylation is 2. The molecule has 0 bridgehead atoms. The Hall–Kier alpha value is -4.44. The van der Waals surface area contributed by atoms with Crippen LogP contribution in [-0.2, 0) is 20.1 Å². The van der Waals surface area contributed by atoms with Gasteiger partial charge in [0, 0.05) is 31.9 Å². The molecule has 7 heteroatoms. The monoisotopic (exact) mass is 452 g/mol. The van der Waals surface area contributed by atoms with E-state index in [0.717, 1.165) is 27.9 Å². The van der Waals surface area contributed by atoms with Crippen molar-refractivity contribution in [1.82, 2.24) is 14.7 Å². The number of aromatic nitrogens is 2. The molecule has 5 rings (SSSR count). The van der Waals surface area contributed by atoms with Crippen molar-refractivity contribution in [2.24, 2.45) is 7.05 Å². The van der Waals surface area contributed by atoms with Crippen LogP contribution in [0.4, 0.5) is 4.39 Å². The van der Waals surface area contributed by atoms with Crippen molar-refractivity contribution < 1.29 is 13.9 Å². The van der Waals surface area contributed by atoms with Crippen LogP contribution >= 0.6 is 0 Å². The van der Waals surface area contributed by atoms with Gasteiger partial charge in [-0.15, -0.1) is 0 Å². The van der Waals surface area contributed by atoms with Crippen LogP contribution < -0.4 is 4.74 Å². The van der Waals surface area contributed by atoms with E-state index in [4.69, 9.17) is 4.74 Å². The zero-order chi connectivity index (χ0) is 23.8. The van der Waals surface area contributed by atoms with Crippen LogP contribution in [0.15, 0.2) is 66.9 Å². The molecular weight excluding hydrogens is 431 g/mol. The van der Waals surface area contributed by atoms with E-state index in [0.29, 0.717) is 18.7 Å². The minimum atomic E-state index is -0.650. The topological polar surface area (TPSA) is 71.2 Å². The van der Waals surface area contributed by atoms with Crippen molar-refractivity contribution in [3.8, 4) is 28.7 Å². The van der Waals surface area contributed by atoms with Gasteiger partial charge in [-0.2, -0.15) is 10.4 Å². The van der Waals surface area contributed by atoms with E-state index in [9.17, 15) is 14.4 Å². The van der Waals surface area contributed by atoms with Gasteiger partial charge in [-0.05, 0) is 41.8 Å². The molecule has 1 aliphatic rings. The number of nitrogens with zero attached hydrogens (tertiary/aromatic N) is 4. The fourth-order valence-electron chi connectivity index (χ4n) is 4.30. The second-order valence-corrected chi connectivity index (χ2v) is 8.28. The van der Waals surface area contributed by atoms with Crippen molar-refractivity contribution in [1.29, 1.82) is 5.26 Å². The Balaban J connectivity index is 1.37. The largest absolute Gasteiger partial charge is 0.452 e. The Bertz CT molecular complexity index is 1450. The maximum Gasteiger partial charge on any atom is 0.258 e. The number of hydrogen-bond donors (Lipinski definition) is 0. The molecule has 0 spiro atoms. The number of halogens is 1. The lowest BCUT2D eigenvalue weighted by Gasteiger charge is -2.16. The minimum absolute atomic E-state index is 0.0730. The van der Waals surface area contributed by atoms with Crippen molar-refractivity contribution in [3.63, 3.8) is 0 Å². The summed E-state index contributed by atoms with van der Waals surface area (Å²) in [4.78, 5) is 15.0. The molecule has 0 N–H and O–H groups in total. The van der Waals surface area contributed by atoms with Gasteiger partial charge in [-0.1, -0.05) is 42.5 Å². The molecule has 1 aromatic heterocycles. The number of ether oxygens (including phenoxy) is 1. The molecule has 0 saturated carbocycles. The lowest BCUT2D eigenvalue weighted by Crippen LogP contribution is -2.23. The summed E-state index contributed by atoms with van der Waals surface area (Å²) >= 11 is 0. The second kappa shape index (κ2) is 8.49. The summed E-state index contributed by atoms with van der Waals surface area (Å²) in [7, 11) is 1.90. The highest BCUT2D eigenvalue weighted by Crippen LogP contribution is 2.36.